The Morgan fingerprint density at radius 2 is 2.00 bits per heavy atom. The van der Waals surface area contributed by atoms with Crippen molar-refractivity contribution in [3.8, 4) is 0 Å². The van der Waals surface area contributed by atoms with Crippen molar-refractivity contribution >= 4 is 11.6 Å². The average Bonchev–Trinajstić information content (AvgIpc) is 2.64. The molecule has 0 radical (unpaired) electrons. The third-order valence-electron chi connectivity index (χ3n) is 3.32. The Hall–Kier alpha value is -1.32. The number of aryl methyl sites for hydroxylation is 3. The average molecular weight is 279 g/mol. The van der Waals surface area contributed by atoms with E-state index >= 15 is 0 Å². The van der Waals surface area contributed by atoms with Gasteiger partial charge in [-0.05, 0) is 25.3 Å². The lowest BCUT2D eigenvalue weighted by Crippen LogP contribution is -2.12. The fourth-order valence-electron chi connectivity index (χ4n) is 2.22. The van der Waals surface area contributed by atoms with E-state index in [1.807, 2.05) is 32.2 Å². The molecule has 3 nitrogen and oxygen atoms in total. The number of aliphatic hydroxyl groups is 1. The van der Waals surface area contributed by atoms with E-state index in [4.69, 9.17) is 11.6 Å². The molecule has 4 heteroatoms. The van der Waals surface area contributed by atoms with Crippen molar-refractivity contribution in [2.24, 2.45) is 7.05 Å². The molecule has 1 heterocycles. The minimum absolute atomic E-state index is 0.388. The summed E-state index contributed by atoms with van der Waals surface area (Å²) in [6.07, 6.45) is 1.78. The summed E-state index contributed by atoms with van der Waals surface area (Å²) in [5.74, 6) is 0. The largest absolute Gasteiger partial charge is 0.393 e. The van der Waals surface area contributed by atoms with Gasteiger partial charge in [-0.2, -0.15) is 5.10 Å². The van der Waals surface area contributed by atoms with Crippen molar-refractivity contribution in [1.82, 2.24) is 9.78 Å². The van der Waals surface area contributed by atoms with Gasteiger partial charge in [-0.1, -0.05) is 41.9 Å². The maximum atomic E-state index is 10.1. The minimum Gasteiger partial charge on any atom is -0.393 e. The Balaban J connectivity index is 1.92. The molecule has 19 heavy (non-hydrogen) atoms. The lowest BCUT2D eigenvalue weighted by Gasteiger charge is -2.10. The van der Waals surface area contributed by atoms with E-state index in [1.54, 1.807) is 4.68 Å². The first-order chi connectivity index (χ1) is 9.08. The van der Waals surface area contributed by atoms with Crippen LogP contribution in [-0.2, 0) is 19.9 Å². The van der Waals surface area contributed by atoms with Gasteiger partial charge < -0.3 is 5.11 Å². The SMILES string of the molecule is Cc1nn(C)c(Cl)c1CC(O)CCc1ccccc1. The fourth-order valence-corrected chi connectivity index (χ4v) is 2.47. The number of nitrogens with zero attached hydrogens (tertiary/aromatic N) is 2. The standard InChI is InChI=1S/C15H19ClN2O/c1-11-14(15(16)18(2)17-11)10-13(19)9-8-12-6-4-3-5-7-12/h3-7,13,19H,8-10H2,1-2H3. The lowest BCUT2D eigenvalue weighted by molar-refractivity contribution is 0.165. The fraction of sp³-hybridized carbons (Fsp3) is 0.400. The summed E-state index contributed by atoms with van der Waals surface area (Å²) in [6.45, 7) is 1.92. The Morgan fingerprint density at radius 1 is 1.32 bits per heavy atom. The minimum atomic E-state index is -0.388. The van der Waals surface area contributed by atoms with E-state index in [9.17, 15) is 5.11 Å². The summed E-state index contributed by atoms with van der Waals surface area (Å²) in [5, 5.41) is 15.0. The van der Waals surface area contributed by atoms with Crippen molar-refractivity contribution in [3.63, 3.8) is 0 Å². The highest BCUT2D eigenvalue weighted by atomic mass is 35.5. The van der Waals surface area contributed by atoms with Crippen molar-refractivity contribution in [2.75, 3.05) is 0 Å². The molecule has 0 bridgehead atoms. The Labute approximate surface area is 118 Å². The second-order valence-corrected chi connectivity index (χ2v) is 5.22. The molecule has 1 N–H and O–H groups in total. The van der Waals surface area contributed by atoms with E-state index in [0.29, 0.717) is 11.6 Å². The molecule has 2 aromatic rings. The van der Waals surface area contributed by atoms with Gasteiger partial charge in [0.15, 0.2) is 0 Å². The van der Waals surface area contributed by atoms with Crippen molar-refractivity contribution in [1.29, 1.82) is 0 Å². The highest BCUT2D eigenvalue weighted by molar-refractivity contribution is 6.30. The van der Waals surface area contributed by atoms with E-state index in [0.717, 1.165) is 24.1 Å². The van der Waals surface area contributed by atoms with Crippen molar-refractivity contribution in [3.05, 3.63) is 52.3 Å². The zero-order valence-electron chi connectivity index (χ0n) is 11.3. The summed E-state index contributed by atoms with van der Waals surface area (Å²) in [5.41, 5.74) is 3.09. The van der Waals surface area contributed by atoms with Crippen LogP contribution >= 0.6 is 11.6 Å². The molecule has 1 aromatic carbocycles. The Bertz CT molecular complexity index is 537. The maximum Gasteiger partial charge on any atom is 0.130 e. The van der Waals surface area contributed by atoms with Gasteiger partial charge in [-0.25, -0.2) is 0 Å². The lowest BCUT2D eigenvalue weighted by atomic mass is 10.0. The van der Waals surface area contributed by atoms with Gasteiger partial charge in [0.25, 0.3) is 0 Å². The molecular formula is C15H19ClN2O. The summed E-state index contributed by atoms with van der Waals surface area (Å²) < 4.78 is 1.65. The highest BCUT2D eigenvalue weighted by Gasteiger charge is 2.15. The van der Waals surface area contributed by atoms with E-state index in [1.165, 1.54) is 5.56 Å². The highest BCUT2D eigenvalue weighted by Crippen LogP contribution is 2.21. The molecule has 1 aromatic heterocycles. The van der Waals surface area contributed by atoms with Crippen LogP contribution in [0.15, 0.2) is 30.3 Å². The molecule has 1 unspecified atom stereocenters. The third kappa shape index (κ3) is 3.58. The molecule has 0 aliphatic carbocycles. The van der Waals surface area contributed by atoms with Crippen LogP contribution in [0.2, 0.25) is 5.15 Å². The van der Waals surface area contributed by atoms with Crippen LogP contribution in [0.1, 0.15) is 23.2 Å². The van der Waals surface area contributed by atoms with Gasteiger partial charge >= 0.3 is 0 Å². The quantitative estimate of drug-likeness (QED) is 0.913. The van der Waals surface area contributed by atoms with E-state index in [2.05, 4.69) is 17.2 Å². The first-order valence-corrected chi connectivity index (χ1v) is 6.85. The van der Waals surface area contributed by atoms with E-state index < -0.39 is 0 Å². The first kappa shape index (κ1) is 14.1. The van der Waals surface area contributed by atoms with Crippen LogP contribution in [0.3, 0.4) is 0 Å². The molecule has 0 spiro atoms. The van der Waals surface area contributed by atoms with Crippen LogP contribution in [0.5, 0.6) is 0 Å². The number of rotatable bonds is 5. The molecule has 102 valence electrons. The zero-order valence-corrected chi connectivity index (χ0v) is 12.1. The van der Waals surface area contributed by atoms with Gasteiger partial charge in [0, 0.05) is 19.0 Å². The monoisotopic (exact) mass is 278 g/mol. The molecular weight excluding hydrogens is 260 g/mol. The number of halogens is 1. The molecule has 0 saturated carbocycles. The van der Waals surface area contributed by atoms with Crippen LogP contribution in [0.4, 0.5) is 0 Å². The summed E-state index contributed by atoms with van der Waals surface area (Å²) >= 11 is 6.16. The van der Waals surface area contributed by atoms with Crippen LogP contribution in [-0.4, -0.2) is 21.0 Å². The number of aromatic nitrogens is 2. The van der Waals surface area contributed by atoms with Crippen LogP contribution < -0.4 is 0 Å². The zero-order chi connectivity index (χ0) is 13.8. The van der Waals surface area contributed by atoms with Gasteiger partial charge in [0.2, 0.25) is 0 Å². The second kappa shape index (κ2) is 6.22. The molecule has 0 amide bonds. The predicted molar refractivity (Wildman–Crippen MR) is 77.4 cm³/mol. The van der Waals surface area contributed by atoms with Gasteiger partial charge in [-0.15, -0.1) is 0 Å². The molecule has 0 aliphatic rings. The molecule has 1 atom stereocenters. The number of hydrogen-bond donors (Lipinski definition) is 1. The molecule has 0 aliphatic heterocycles. The number of aliphatic hydroxyl groups excluding tert-OH is 1. The van der Waals surface area contributed by atoms with Gasteiger partial charge in [0.05, 0.1) is 11.8 Å². The first-order valence-electron chi connectivity index (χ1n) is 6.48. The smallest absolute Gasteiger partial charge is 0.130 e. The second-order valence-electron chi connectivity index (χ2n) is 4.86. The Morgan fingerprint density at radius 3 is 2.58 bits per heavy atom. The van der Waals surface area contributed by atoms with E-state index in [-0.39, 0.29) is 6.10 Å². The maximum absolute atomic E-state index is 10.1. The van der Waals surface area contributed by atoms with Crippen molar-refractivity contribution in [2.45, 2.75) is 32.3 Å². The number of benzene rings is 1. The number of hydrogen-bond acceptors (Lipinski definition) is 2. The van der Waals surface area contributed by atoms with Crippen LogP contribution in [0.25, 0.3) is 0 Å². The summed E-state index contributed by atoms with van der Waals surface area (Å²) in [7, 11) is 1.81. The summed E-state index contributed by atoms with van der Waals surface area (Å²) in [4.78, 5) is 0. The van der Waals surface area contributed by atoms with Gasteiger partial charge in [0.1, 0.15) is 5.15 Å². The van der Waals surface area contributed by atoms with Crippen molar-refractivity contribution < 1.29 is 5.11 Å². The topological polar surface area (TPSA) is 38.0 Å². The Kier molecular flexibility index (Phi) is 4.61. The molecule has 0 fully saturated rings. The third-order valence-corrected chi connectivity index (χ3v) is 3.79. The van der Waals surface area contributed by atoms with Crippen LogP contribution in [0, 0.1) is 6.92 Å². The summed E-state index contributed by atoms with van der Waals surface area (Å²) in [6, 6.07) is 10.2. The van der Waals surface area contributed by atoms with Gasteiger partial charge in [-0.3, -0.25) is 4.68 Å². The normalized spacial score (nSPS) is 12.6. The molecule has 0 saturated heterocycles. The molecule has 2 rings (SSSR count). The predicted octanol–water partition coefficient (Wildman–Crippen LogP) is 2.92.